The Balaban J connectivity index is 1.76. The number of benzene rings is 2. The maximum Gasteiger partial charge on any atom is 0.250 e. The SMILES string of the molecule is Cc1ccc(F)cc1Oc1nc2cc(F)c(N(C)C(=O)/C=C/CN(C)C)cc2n2cncc12. The van der Waals surface area contributed by atoms with Gasteiger partial charge in [-0.15, -0.1) is 0 Å². The van der Waals surface area contributed by atoms with Gasteiger partial charge in [0.2, 0.25) is 5.88 Å². The van der Waals surface area contributed by atoms with E-state index in [0.717, 1.165) is 5.56 Å². The molecule has 0 fully saturated rings. The molecule has 2 aromatic carbocycles. The normalized spacial score (nSPS) is 11.7. The van der Waals surface area contributed by atoms with Crippen LogP contribution >= 0.6 is 0 Å². The molecule has 2 aromatic heterocycles. The first kappa shape index (κ1) is 22.3. The Kier molecular flexibility index (Phi) is 6.06. The molecule has 0 spiro atoms. The fourth-order valence-corrected chi connectivity index (χ4v) is 3.35. The third-order valence-corrected chi connectivity index (χ3v) is 5.16. The van der Waals surface area contributed by atoms with Crippen molar-refractivity contribution in [1.82, 2.24) is 19.3 Å². The van der Waals surface area contributed by atoms with Crippen LogP contribution in [0.15, 0.2) is 55.0 Å². The van der Waals surface area contributed by atoms with E-state index in [1.165, 1.54) is 36.2 Å². The first-order valence-electron chi connectivity index (χ1n) is 10.2. The van der Waals surface area contributed by atoms with Gasteiger partial charge in [-0.05, 0) is 38.7 Å². The van der Waals surface area contributed by atoms with Gasteiger partial charge in [0.15, 0.2) is 0 Å². The summed E-state index contributed by atoms with van der Waals surface area (Å²) >= 11 is 0. The fourth-order valence-electron chi connectivity index (χ4n) is 3.35. The average Bonchev–Trinajstić information content (AvgIpc) is 3.25. The monoisotopic (exact) mass is 451 g/mol. The molecule has 0 aliphatic rings. The van der Waals surface area contributed by atoms with Crippen molar-refractivity contribution < 1.29 is 18.3 Å². The van der Waals surface area contributed by atoms with Gasteiger partial charge < -0.3 is 14.5 Å². The summed E-state index contributed by atoms with van der Waals surface area (Å²) in [5.41, 5.74) is 2.19. The molecule has 1 amide bonds. The molecular formula is C24H23F2N5O2. The summed E-state index contributed by atoms with van der Waals surface area (Å²) < 4.78 is 36.3. The molecule has 0 bridgehead atoms. The lowest BCUT2D eigenvalue weighted by atomic mass is 10.2. The van der Waals surface area contributed by atoms with Crippen LogP contribution in [0.5, 0.6) is 11.6 Å². The molecule has 0 aliphatic carbocycles. The number of imidazole rings is 1. The smallest absolute Gasteiger partial charge is 0.250 e. The van der Waals surface area contributed by atoms with E-state index in [-0.39, 0.29) is 17.5 Å². The Hall–Kier alpha value is -3.85. The first-order chi connectivity index (χ1) is 15.7. The van der Waals surface area contributed by atoms with Crippen LogP contribution in [0.25, 0.3) is 16.6 Å². The minimum atomic E-state index is -0.612. The predicted octanol–water partition coefficient (Wildman–Crippen LogP) is 4.34. The number of hydrogen-bond donors (Lipinski definition) is 0. The number of amides is 1. The summed E-state index contributed by atoms with van der Waals surface area (Å²) in [5.74, 6) is -0.941. The lowest BCUT2D eigenvalue weighted by molar-refractivity contribution is -0.113. The molecule has 7 nitrogen and oxygen atoms in total. The highest BCUT2D eigenvalue weighted by molar-refractivity contribution is 6.02. The van der Waals surface area contributed by atoms with Crippen LogP contribution in [0.3, 0.4) is 0 Å². The molecule has 0 saturated heterocycles. The molecule has 0 saturated carbocycles. The topological polar surface area (TPSA) is 63.0 Å². The Morgan fingerprint density at radius 2 is 1.94 bits per heavy atom. The van der Waals surface area contributed by atoms with Crippen molar-refractivity contribution in [2.24, 2.45) is 0 Å². The third kappa shape index (κ3) is 4.54. The number of ether oxygens (including phenoxy) is 1. The van der Waals surface area contributed by atoms with Crippen molar-refractivity contribution in [1.29, 1.82) is 0 Å². The van der Waals surface area contributed by atoms with Gasteiger partial charge in [-0.2, -0.15) is 0 Å². The number of anilines is 1. The van der Waals surface area contributed by atoms with Gasteiger partial charge >= 0.3 is 0 Å². The van der Waals surface area contributed by atoms with Gasteiger partial charge in [0, 0.05) is 31.8 Å². The summed E-state index contributed by atoms with van der Waals surface area (Å²) in [6, 6.07) is 6.99. The van der Waals surface area contributed by atoms with Crippen molar-refractivity contribution in [3.8, 4) is 11.6 Å². The number of carbonyl (C=O) groups excluding carboxylic acids is 1. The number of carbonyl (C=O) groups is 1. The van der Waals surface area contributed by atoms with Crippen molar-refractivity contribution in [2.45, 2.75) is 6.92 Å². The van der Waals surface area contributed by atoms with Crippen molar-refractivity contribution in [3.05, 3.63) is 72.2 Å². The first-order valence-corrected chi connectivity index (χ1v) is 10.2. The van der Waals surface area contributed by atoms with E-state index in [4.69, 9.17) is 4.74 Å². The van der Waals surface area contributed by atoms with Gasteiger partial charge in [-0.1, -0.05) is 12.1 Å². The van der Waals surface area contributed by atoms with Gasteiger partial charge in [0.1, 0.15) is 22.9 Å². The standard InChI is InChI=1S/C24H23F2N5O2/c1-15-7-8-16(25)10-22(15)33-24-21-13-27-14-31(21)20-12-19(17(26)11-18(20)28-24)30(4)23(32)6-5-9-29(2)3/h5-8,10-14H,9H2,1-4H3/b6-5+. The number of fused-ring (bicyclic) bond motifs is 3. The molecule has 170 valence electrons. The highest BCUT2D eigenvalue weighted by Crippen LogP contribution is 2.32. The lowest BCUT2D eigenvalue weighted by Crippen LogP contribution is -2.25. The number of rotatable bonds is 6. The molecule has 4 aromatic rings. The second-order valence-electron chi connectivity index (χ2n) is 7.93. The number of hydrogen-bond acceptors (Lipinski definition) is 5. The molecule has 4 rings (SSSR count). The molecule has 0 N–H and O–H groups in total. The molecule has 33 heavy (non-hydrogen) atoms. The molecule has 0 aliphatic heterocycles. The summed E-state index contributed by atoms with van der Waals surface area (Å²) in [6.45, 7) is 2.38. The molecule has 2 heterocycles. The van der Waals surface area contributed by atoms with E-state index in [9.17, 15) is 9.18 Å². The zero-order valence-electron chi connectivity index (χ0n) is 18.7. The van der Waals surface area contributed by atoms with E-state index in [0.29, 0.717) is 28.8 Å². The third-order valence-electron chi connectivity index (χ3n) is 5.16. The second kappa shape index (κ2) is 8.95. The van der Waals surface area contributed by atoms with Gasteiger partial charge in [-0.25, -0.2) is 18.7 Å². The molecule has 9 heteroatoms. The zero-order chi connectivity index (χ0) is 23.7. The van der Waals surface area contributed by atoms with E-state index >= 15 is 4.39 Å². The number of likely N-dealkylation sites (N-methyl/N-ethyl adjacent to an activating group) is 2. The van der Waals surface area contributed by atoms with Gasteiger partial charge in [0.05, 0.1) is 29.2 Å². The van der Waals surface area contributed by atoms with Gasteiger partial charge in [0.25, 0.3) is 5.91 Å². The second-order valence-corrected chi connectivity index (χ2v) is 7.93. The molecule has 0 atom stereocenters. The quantitative estimate of drug-likeness (QED) is 0.408. The molecular weight excluding hydrogens is 428 g/mol. The van der Waals surface area contributed by atoms with E-state index in [1.807, 2.05) is 19.0 Å². The maximum atomic E-state index is 15.0. The van der Waals surface area contributed by atoms with Crippen LogP contribution in [0.2, 0.25) is 0 Å². The number of aromatic nitrogens is 3. The van der Waals surface area contributed by atoms with Crippen LogP contribution in [0, 0.1) is 18.6 Å². The van der Waals surface area contributed by atoms with Crippen LogP contribution in [0.1, 0.15) is 5.56 Å². The van der Waals surface area contributed by atoms with Crippen LogP contribution in [-0.4, -0.2) is 52.9 Å². The summed E-state index contributed by atoms with van der Waals surface area (Å²) in [5, 5.41) is 0. The predicted molar refractivity (Wildman–Crippen MR) is 123 cm³/mol. The maximum absolute atomic E-state index is 15.0. The van der Waals surface area contributed by atoms with E-state index in [1.54, 1.807) is 42.1 Å². The minimum Gasteiger partial charge on any atom is -0.437 e. The number of nitrogens with zero attached hydrogens (tertiary/aromatic N) is 5. The Bertz CT molecular complexity index is 1380. The van der Waals surface area contributed by atoms with E-state index in [2.05, 4.69) is 9.97 Å². The van der Waals surface area contributed by atoms with Crippen molar-refractivity contribution in [3.63, 3.8) is 0 Å². The van der Waals surface area contributed by atoms with Crippen LogP contribution in [-0.2, 0) is 4.79 Å². The van der Waals surface area contributed by atoms with Crippen molar-refractivity contribution in [2.75, 3.05) is 32.6 Å². The summed E-state index contributed by atoms with van der Waals surface area (Å²) in [4.78, 5) is 24.3. The highest BCUT2D eigenvalue weighted by Gasteiger charge is 2.18. The van der Waals surface area contributed by atoms with Crippen LogP contribution < -0.4 is 9.64 Å². The van der Waals surface area contributed by atoms with Crippen LogP contribution in [0.4, 0.5) is 14.5 Å². The Labute approximate surface area is 189 Å². The number of aryl methyl sites for hydroxylation is 1. The van der Waals surface area contributed by atoms with E-state index < -0.39 is 11.6 Å². The average molecular weight is 451 g/mol. The van der Waals surface area contributed by atoms with Crippen molar-refractivity contribution >= 4 is 28.1 Å². The Morgan fingerprint density at radius 3 is 2.70 bits per heavy atom. The molecule has 0 radical (unpaired) electrons. The highest BCUT2D eigenvalue weighted by atomic mass is 19.1. The minimum absolute atomic E-state index is 0.105. The lowest BCUT2D eigenvalue weighted by Gasteiger charge is -2.18. The zero-order valence-corrected chi connectivity index (χ0v) is 18.7. The molecule has 0 unspecified atom stereocenters. The van der Waals surface area contributed by atoms with Gasteiger partial charge in [-0.3, -0.25) is 9.20 Å². The largest absolute Gasteiger partial charge is 0.437 e. The summed E-state index contributed by atoms with van der Waals surface area (Å²) in [6.07, 6.45) is 6.22. The number of halogens is 2. The Morgan fingerprint density at radius 1 is 1.15 bits per heavy atom. The fraction of sp³-hybridized carbons (Fsp3) is 0.208. The summed E-state index contributed by atoms with van der Waals surface area (Å²) in [7, 11) is 5.28.